The zero-order valence-corrected chi connectivity index (χ0v) is 12.7. The molecule has 0 bridgehead atoms. The van der Waals surface area contributed by atoms with E-state index < -0.39 is 0 Å². The first kappa shape index (κ1) is 14.2. The molecule has 0 spiro atoms. The van der Waals surface area contributed by atoms with E-state index in [0.717, 1.165) is 19.6 Å². The third kappa shape index (κ3) is 3.21. The van der Waals surface area contributed by atoms with Crippen molar-refractivity contribution in [1.82, 2.24) is 5.32 Å². The molecule has 2 unspecified atom stereocenters. The second-order valence-electron chi connectivity index (χ2n) is 5.67. The number of likely N-dealkylation sites (N-methyl/N-ethyl adjacent to an activating group) is 1. The van der Waals surface area contributed by atoms with Crippen molar-refractivity contribution in [1.29, 1.82) is 0 Å². The van der Waals surface area contributed by atoms with E-state index in [4.69, 9.17) is 0 Å². The molecule has 2 rings (SSSR count). The molecule has 3 heteroatoms. The molecule has 0 fully saturated rings. The first-order valence-corrected chi connectivity index (χ1v) is 7.43. The zero-order valence-electron chi connectivity index (χ0n) is 12.7. The Bertz CT molecular complexity index is 405. The molecule has 1 aromatic rings. The van der Waals surface area contributed by atoms with Gasteiger partial charge in [-0.25, -0.2) is 0 Å². The molecule has 1 aliphatic rings. The molecule has 1 aromatic carbocycles. The van der Waals surface area contributed by atoms with Gasteiger partial charge in [-0.3, -0.25) is 0 Å². The lowest BCUT2D eigenvalue weighted by atomic mass is 10.1. The molecule has 19 heavy (non-hydrogen) atoms. The van der Waals surface area contributed by atoms with Crippen molar-refractivity contribution in [3.05, 3.63) is 24.3 Å². The average Bonchev–Trinajstić information content (AvgIpc) is 2.45. The minimum atomic E-state index is 0.531. The highest BCUT2D eigenvalue weighted by Gasteiger charge is 2.23. The predicted molar refractivity (Wildman–Crippen MR) is 84.3 cm³/mol. The van der Waals surface area contributed by atoms with Gasteiger partial charge < -0.3 is 15.1 Å². The Hall–Kier alpha value is -1.22. The minimum Gasteiger partial charge on any atom is -0.371 e. The van der Waals surface area contributed by atoms with E-state index in [1.165, 1.54) is 17.8 Å². The Kier molecular flexibility index (Phi) is 4.70. The van der Waals surface area contributed by atoms with Gasteiger partial charge in [0.25, 0.3) is 0 Å². The number of benzene rings is 1. The van der Waals surface area contributed by atoms with E-state index in [-0.39, 0.29) is 0 Å². The number of nitrogens with one attached hydrogen (secondary N) is 1. The number of nitrogens with zero attached hydrogens (tertiary/aromatic N) is 2. The summed E-state index contributed by atoms with van der Waals surface area (Å²) in [6, 6.07) is 9.86. The van der Waals surface area contributed by atoms with E-state index in [2.05, 4.69) is 67.2 Å². The summed E-state index contributed by atoms with van der Waals surface area (Å²) in [6.07, 6.45) is 1.19. The van der Waals surface area contributed by atoms with E-state index in [1.54, 1.807) is 0 Å². The third-order valence-corrected chi connectivity index (χ3v) is 4.18. The van der Waals surface area contributed by atoms with Crippen molar-refractivity contribution in [3.63, 3.8) is 0 Å². The van der Waals surface area contributed by atoms with Crippen molar-refractivity contribution < 1.29 is 0 Å². The molecular formula is C16H27N3. The zero-order chi connectivity index (χ0) is 13.8. The largest absolute Gasteiger partial charge is 0.371 e. The second kappa shape index (κ2) is 6.29. The van der Waals surface area contributed by atoms with Gasteiger partial charge in [-0.1, -0.05) is 19.1 Å². The molecule has 1 heterocycles. The van der Waals surface area contributed by atoms with E-state index in [9.17, 15) is 0 Å². The fourth-order valence-corrected chi connectivity index (χ4v) is 2.61. The smallest absolute Gasteiger partial charge is 0.0607 e. The summed E-state index contributed by atoms with van der Waals surface area (Å²) in [4.78, 5) is 4.88. The first-order chi connectivity index (χ1) is 9.13. The lowest BCUT2D eigenvalue weighted by molar-refractivity contribution is 0.485. The fraction of sp³-hybridized carbons (Fsp3) is 0.625. The van der Waals surface area contributed by atoms with Crippen molar-refractivity contribution in [3.8, 4) is 0 Å². The highest BCUT2D eigenvalue weighted by molar-refractivity contribution is 5.73. The van der Waals surface area contributed by atoms with Gasteiger partial charge in [0, 0.05) is 38.8 Å². The van der Waals surface area contributed by atoms with E-state index in [0.29, 0.717) is 12.1 Å². The van der Waals surface area contributed by atoms with Gasteiger partial charge in [0.2, 0.25) is 0 Å². The van der Waals surface area contributed by atoms with Crippen molar-refractivity contribution in [2.45, 2.75) is 39.3 Å². The van der Waals surface area contributed by atoms with E-state index >= 15 is 0 Å². The standard InChI is InChI=1S/C16H27N3/c1-5-13(2)17-12-14(3)19-11-10-18(4)15-8-6-7-9-16(15)19/h6-9,13-14,17H,5,10-12H2,1-4H3. The molecule has 1 N–H and O–H groups in total. The Morgan fingerprint density at radius 1 is 1.16 bits per heavy atom. The number of rotatable bonds is 5. The molecule has 1 aliphatic heterocycles. The highest BCUT2D eigenvalue weighted by Crippen LogP contribution is 2.32. The normalized spacial score (nSPS) is 18.1. The first-order valence-electron chi connectivity index (χ1n) is 7.43. The Morgan fingerprint density at radius 3 is 2.53 bits per heavy atom. The maximum Gasteiger partial charge on any atom is 0.0607 e. The number of hydrogen-bond donors (Lipinski definition) is 1. The van der Waals surface area contributed by atoms with Crippen molar-refractivity contribution >= 4 is 11.4 Å². The maximum atomic E-state index is 3.62. The van der Waals surface area contributed by atoms with E-state index in [1.807, 2.05) is 0 Å². The van der Waals surface area contributed by atoms with Crippen LogP contribution < -0.4 is 15.1 Å². The number of hydrogen-bond acceptors (Lipinski definition) is 3. The van der Waals surface area contributed by atoms with Crippen LogP contribution in [0.25, 0.3) is 0 Å². The monoisotopic (exact) mass is 261 g/mol. The Labute approximate surface area is 117 Å². The van der Waals surface area contributed by atoms with Gasteiger partial charge >= 0.3 is 0 Å². The molecule has 0 amide bonds. The van der Waals surface area contributed by atoms with Crippen LogP contribution in [-0.4, -0.2) is 38.8 Å². The molecular weight excluding hydrogens is 234 g/mol. The molecule has 106 valence electrons. The number of fused-ring (bicyclic) bond motifs is 1. The SMILES string of the molecule is CCC(C)NCC(C)N1CCN(C)c2ccccc21. The highest BCUT2D eigenvalue weighted by atomic mass is 15.3. The van der Waals surface area contributed by atoms with Gasteiger partial charge in [0.1, 0.15) is 0 Å². The quantitative estimate of drug-likeness (QED) is 0.879. The topological polar surface area (TPSA) is 18.5 Å². The summed E-state index contributed by atoms with van der Waals surface area (Å²) in [5, 5.41) is 3.62. The van der Waals surface area contributed by atoms with Gasteiger partial charge in [0.15, 0.2) is 0 Å². The third-order valence-electron chi connectivity index (χ3n) is 4.18. The van der Waals surface area contributed by atoms with Gasteiger partial charge in [-0.05, 0) is 32.4 Å². The van der Waals surface area contributed by atoms with Crippen LogP contribution in [-0.2, 0) is 0 Å². The lowest BCUT2D eigenvalue weighted by Crippen LogP contribution is -2.48. The summed E-state index contributed by atoms with van der Waals surface area (Å²) in [5.74, 6) is 0. The van der Waals surface area contributed by atoms with Crippen LogP contribution in [0, 0.1) is 0 Å². The Morgan fingerprint density at radius 2 is 1.84 bits per heavy atom. The van der Waals surface area contributed by atoms with Crippen molar-refractivity contribution in [2.75, 3.05) is 36.5 Å². The molecule has 0 saturated heterocycles. The van der Waals surface area contributed by atoms with Crippen LogP contribution in [0.3, 0.4) is 0 Å². The summed E-state index contributed by atoms with van der Waals surface area (Å²) >= 11 is 0. The predicted octanol–water partition coefficient (Wildman–Crippen LogP) is 2.72. The van der Waals surface area contributed by atoms with Crippen LogP contribution >= 0.6 is 0 Å². The summed E-state index contributed by atoms with van der Waals surface area (Å²) in [7, 11) is 2.18. The molecule has 3 nitrogen and oxygen atoms in total. The van der Waals surface area contributed by atoms with Gasteiger partial charge in [0.05, 0.1) is 11.4 Å². The molecule has 0 aromatic heterocycles. The number of anilines is 2. The fourth-order valence-electron chi connectivity index (χ4n) is 2.61. The minimum absolute atomic E-state index is 0.531. The molecule has 0 aliphatic carbocycles. The number of para-hydroxylation sites is 2. The van der Waals surface area contributed by atoms with Crippen LogP contribution in [0.2, 0.25) is 0 Å². The van der Waals surface area contributed by atoms with Crippen molar-refractivity contribution in [2.24, 2.45) is 0 Å². The Balaban J connectivity index is 2.07. The van der Waals surface area contributed by atoms with Crippen LogP contribution in [0.4, 0.5) is 11.4 Å². The summed E-state index contributed by atoms with van der Waals surface area (Å²) in [5.41, 5.74) is 2.72. The van der Waals surface area contributed by atoms with Gasteiger partial charge in [-0.2, -0.15) is 0 Å². The summed E-state index contributed by atoms with van der Waals surface area (Å²) in [6.45, 7) is 10.1. The molecule has 0 radical (unpaired) electrons. The lowest BCUT2D eigenvalue weighted by Gasteiger charge is -2.40. The molecule has 0 saturated carbocycles. The summed E-state index contributed by atoms with van der Waals surface area (Å²) < 4.78 is 0. The van der Waals surface area contributed by atoms with Crippen LogP contribution in [0.1, 0.15) is 27.2 Å². The van der Waals surface area contributed by atoms with Crippen LogP contribution in [0.15, 0.2) is 24.3 Å². The maximum absolute atomic E-state index is 3.62. The van der Waals surface area contributed by atoms with Crippen LogP contribution in [0.5, 0.6) is 0 Å². The average molecular weight is 261 g/mol. The second-order valence-corrected chi connectivity index (χ2v) is 5.67. The molecule has 2 atom stereocenters. The van der Waals surface area contributed by atoms with Gasteiger partial charge in [-0.15, -0.1) is 0 Å².